The fourth-order valence-electron chi connectivity index (χ4n) is 2.85. The van der Waals surface area contributed by atoms with Crippen LogP contribution in [0.4, 0.5) is 5.69 Å². The molecule has 4 heteroatoms. The van der Waals surface area contributed by atoms with E-state index in [0.29, 0.717) is 13.1 Å². The van der Waals surface area contributed by atoms with E-state index in [0.717, 1.165) is 27.9 Å². The van der Waals surface area contributed by atoms with Crippen molar-refractivity contribution in [3.8, 4) is 0 Å². The van der Waals surface area contributed by atoms with Gasteiger partial charge in [0.15, 0.2) is 0 Å². The van der Waals surface area contributed by atoms with E-state index < -0.39 is 0 Å². The largest absolute Gasteiger partial charge is 0.379 e. The van der Waals surface area contributed by atoms with E-state index in [-0.39, 0.29) is 11.6 Å². The van der Waals surface area contributed by atoms with Gasteiger partial charge in [-0.15, -0.1) is 0 Å². The molecule has 20 heavy (non-hydrogen) atoms. The molecule has 0 unspecified atom stereocenters. The van der Waals surface area contributed by atoms with E-state index >= 15 is 0 Å². The first-order valence-corrected chi connectivity index (χ1v) is 7.07. The Hall–Kier alpha value is -2.10. The SMILES string of the molecule is CCn1c(=O)c2c(c3ccccc31)N[C@H](C)CN=C2C. The number of hydrogen-bond donors (Lipinski definition) is 1. The molecule has 1 aromatic carbocycles. The predicted molar refractivity (Wildman–Crippen MR) is 84.0 cm³/mol. The zero-order valence-electron chi connectivity index (χ0n) is 12.1. The Kier molecular flexibility index (Phi) is 3.08. The van der Waals surface area contributed by atoms with E-state index in [2.05, 4.69) is 23.3 Å². The second-order valence-corrected chi connectivity index (χ2v) is 5.29. The molecule has 0 aliphatic carbocycles. The van der Waals surface area contributed by atoms with E-state index in [1.165, 1.54) is 0 Å². The van der Waals surface area contributed by atoms with Crippen molar-refractivity contribution < 1.29 is 0 Å². The molecule has 1 atom stereocenters. The molecule has 1 N–H and O–H groups in total. The van der Waals surface area contributed by atoms with E-state index in [1.807, 2.05) is 36.6 Å². The van der Waals surface area contributed by atoms with E-state index in [4.69, 9.17) is 0 Å². The third-order valence-electron chi connectivity index (χ3n) is 3.84. The van der Waals surface area contributed by atoms with Crippen molar-refractivity contribution in [1.82, 2.24) is 4.57 Å². The number of benzene rings is 1. The third-order valence-corrected chi connectivity index (χ3v) is 3.84. The molecule has 1 aliphatic rings. The van der Waals surface area contributed by atoms with Crippen LogP contribution in [0, 0.1) is 0 Å². The van der Waals surface area contributed by atoms with Crippen LogP contribution in [-0.4, -0.2) is 22.9 Å². The summed E-state index contributed by atoms with van der Waals surface area (Å²) in [5, 5.41) is 4.55. The van der Waals surface area contributed by atoms with Gasteiger partial charge in [0.1, 0.15) is 0 Å². The molecule has 0 bridgehead atoms. The van der Waals surface area contributed by atoms with Crippen molar-refractivity contribution in [3.63, 3.8) is 0 Å². The second kappa shape index (κ2) is 4.78. The molecule has 2 heterocycles. The average Bonchev–Trinajstić information content (AvgIpc) is 2.59. The van der Waals surface area contributed by atoms with Crippen LogP contribution in [0.2, 0.25) is 0 Å². The molecule has 4 nitrogen and oxygen atoms in total. The van der Waals surface area contributed by atoms with Crippen LogP contribution in [-0.2, 0) is 6.54 Å². The lowest BCUT2D eigenvalue weighted by Gasteiger charge is -2.18. The molecule has 0 saturated carbocycles. The second-order valence-electron chi connectivity index (χ2n) is 5.29. The molecular formula is C16H19N3O. The van der Waals surface area contributed by atoms with Gasteiger partial charge in [-0.25, -0.2) is 0 Å². The quantitative estimate of drug-likeness (QED) is 0.865. The number of para-hydroxylation sites is 1. The van der Waals surface area contributed by atoms with Crippen molar-refractivity contribution >= 4 is 22.3 Å². The van der Waals surface area contributed by atoms with Crippen LogP contribution in [0.15, 0.2) is 34.1 Å². The number of rotatable bonds is 1. The topological polar surface area (TPSA) is 46.4 Å². The maximum atomic E-state index is 12.8. The summed E-state index contributed by atoms with van der Waals surface area (Å²) in [4.78, 5) is 17.3. The number of aryl methyl sites for hydroxylation is 1. The average molecular weight is 269 g/mol. The van der Waals surface area contributed by atoms with Gasteiger partial charge in [0.05, 0.1) is 23.3 Å². The molecule has 0 amide bonds. The molecule has 104 valence electrons. The maximum Gasteiger partial charge on any atom is 0.262 e. The van der Waals surface area contributed by atoms with Crippen molar-refractivity contribution in [1.29, 1.82) is 0 Å². The Bertz CT molecular complexity index is 758. The summed E-state index contributed by atoms with van der Waals surface area (Å²) in [7, 11) is 0. The highest BCUT2D eigenvalue weighted by molar-refractivity contribution is 6.10. The van der Waals surface area contributed by atoms with Crippen molar-refractivity contribution in [2.75, 3.05) is 11.9 Å². The summed E-state index contributed by atoms with van der Waals surface area (Å²) < 4.78 is 1.82. The minimum atomic E-state index is 0.0454. The van der Waals surface area contributed by atoms with Gasteiger partial charge in [0.25, 0.3) is 5.56 Å². The summed E-state index contributed by atoms with van der Waals surface area (Å²) in [6.07, 6.45) is 0. The molecule has 2 aromatic rings. The number of fused-ring (bicyclic) bond motifs is 3. The summed E-state index contributed by atoms with van der Waals surface area (Å²) in [5.74, 6) is 0. The highest BCUT2D eigenvalue weighted by Gasteiger charge is 2.21. The van der Waals surface area contributed by atoms with Gasteiger partial charge < -0.3 is 9.88 Å². The molecule has 0 fully saturated rings. The molecule has 3 rings (SSSR count). The smallest absolute Gasteiger partial charge is 0.262 e. The monoisotopic (exact) mass is 269 g/mol. The summed E-state index contributed by atoms with van der Waals surface area (Å²) >= 11 is 0. The Morgan fingerprint density at radius 3 is 2.90 bits per heavy atom. The molecular weight excluding hydrogens is 250 g/mol. The van der Waals surface area contributed by atoms with Crippen LogP contribution in [0.1, 0.15) is 26.3 Å². The summed E-state index contributed by atoms with van der Waals surface area (Å²) in [6, 6.07) is 8.28. The van der Waals surface area contributed by atoms with E-state index in [9.17, 15) is 4.79 Å². The normalized spacial score (nSPS) is 18.1. The van der Waals surface area contributed by atoms with Crippen LogP contribution >= 0.6 is 0 Å². The lowest BCUT2D eigenvalue weighted by atomic mass is 10.0. The van der Waals surface area contributed by atoms with Gasteiger partial charge in [-0.3, -0.25) is 9.79 Å². The van der Waals surface area contributed by atoms with Gasteiger partial charge in [0, 0.05) is 23.7 Å². The first-order chi connectivity index (χ1) is 9.63. The Labute approximate surface area is 118 Å². The Morgan fingerprint density at radius 1 is 1.40 bits per heavy atom. The summed E-state index contributed by atoms with van der Waals surface area (Å²) in [5.41, 5.74) is 3.50. The highest BCUT2D eigenvalue weighted by Crippen LogP contribution is 2.27. The molecule has 0 saturated heterocycles. The maximum absolute atomic E-state index is 12.8. The minimum absolute atomic E-state index is 0.0454. The minimum Gasteiger partial charge on any atom is -0.379 e. The van der Waals surface area contributed by atoms with Crippen LogP contribution in [0.25, 0.3) is 10.9 Å². The zero-order valence-corrected chi connectivity index (χ0v) is 12.1. The number of nitrogens with one attached hydrogen (secondary N) is 1. The zero-order chi connectivity index (χ0) is 14.3. The van der Waals surface area contributed by atoms with Crippen molar-refractivity contribution in [3.05, 3.63) is 40.2 Å². The lowest BCUT2D eigenvalue weighted by Crippen LogP contribution is -2.28. The van der Waals surface area contributed by atoms with Crippen LogP contribution in [0.3, 0.4) is 0 Å². The lowest BCUT2D eigenvalue weighted by molar-refractivity contribution is 0.758. The van der Waals surface area contributed by atoms with Gasteiger partial charge in [0.2, 0.25) is 0 Å². The first kappa shape index (κ1) is 12.9. The van der Waals surface area contributed by atoms with Gasteiger partial charge >= 0.3 is 0 Å². The standard InChI is InChI=1S/C16H19N3O/c1-4-19-13-8-6-5-7-12(13)15-14(16(19)20)11(3)17-9-10(2)18-15/h5-8,10,18H,4,9H2,1-3H3/t10-/m1/s1. The number of hydrogen-bond acceptors (Lipinski definition) is 3. The highest BCUT2D eigenvalue weighted by atomic mass is 16.1. The van der Waals surface area contributed by atoms with Crippen molar-refractivity contribution in [2.45, 2.75) is 33.4 Å². The summed E-state index contributed by atoms with van der Waals surface area (Å²) in [6.45, 7) is 7.37. The fraction of sp³-hybridized carbons (Fsp3) is 0.375. The number of aliphatic imine (C=N–C) groups is 1. The van der Waals surface area contributed by atoms with Crippen molar-refractivity contribution in [2.24, 2.45) is 4.99 Å². The van der Waals surface area contributed by atoms with Gasteiger partial charge in [-0.2, -0.15) is 0 Å². The molecule has 1 aromatic heterocycles. The first-order valence-electron chi connectivity index (χ1n) is 7.07. The predicted octanol–water partition coefficient (Wildman–Crippen LogP) is 2.64. The molecule has 0 radical (unpaired) electrons. The fourth-order valence-corrected chi connectivity index (χ4v) is 2.85. The van der Waals surface area contributed by atoms with Crippen LogP contribution < -0.4 is 10.9 Å². The van der Waals surface area contributed by atoms with E-state index in [1.54, 1.807) is 0 Å². The number of aromatic nitrogens is 1. The van der Waals surface area contributed by atoms with Gasteiger partial charge in [-0.05, 0) is 26.8 Å². The van der Waals surface area contributed by atoms with Crippen LogP contribution in [0.5, 0.6) is 0 Å². The number of nitrogens with zero attached hydrogens (tertiary/aromatic N) is 2. The molecule has 1 aliphatic heterocycles. The Balaban J connectivity index is 2.49. The Morgan fingerprint density at radius 2 is 2.15 bits per heavy atom. The third kappa shape index (κ3) is 1.83. The number of pyridine rings is 1. The molecule has 0 spiro atoms. The van der Waals surface area contributed by atoms with Gasteiger partial charge in [-0.1, -0.05) is 18.2 Å². The number of anilines is 1.